The molecule has 0 aliphatic heterocycles. The number of nitrogens with one attached hydrogen (secondary N) is 1. The van der Waals surface area contributed by atoms with E-state index < -0.39 is 6.04 Å². The van der Waals surface area contributed by atoms with Crippen LogP contribution >= 0.6 is 12.6 Å². The van der Waals surface area contributed by atoms with E-state index >= 15 is 0 Å². The van der Waals surface area contributed by atoms with E-state index in [0.717, 1.165) is 12.8 Å². The summed E-state index contributed by atoms with van der Waals surface area (Å²) in [5.41, 5.74) is 0. The number of carbonyl (C=O) groups excluding carboxylic acids is 2. The Kier molecular flexibility index (Phi) is 22.6. The SMILES string of the molecule is CCCCCCCCCCCCCCCCCCOC(=O)C(CS)N[Se]C(C)=O. The average Bonchev–Trinajstić information content (AvgIpc) is 2.70. The predicted molar refractivity (Wildman–Crippen MR) is 128 cm³/mol. The van der Waals surface area contributed by atoms with Crippen molar-refractivity contribution in [3.8, 4) is 0 Å². The van der Waals surface area contributed by atoms with Crippen molar-refractivity contribution in [3.05, 3.63) is 0 Å². The molecule has 0 saturated heterocycles. The molecule has 0 aromatic heterocycles. The summed E-state index contributed by atoms with van der Waals surface area (Å²) >= 11 is 3.78. The van der Waals surface area contributed by atoms with Crippen LogP contribution in [-0.4, -0.2) is 44.2 Å². The molecule has 0 heterocycles. The van der Waals surface area contributed by atoms with Gasteiger partial charge in [-0.1, -0.05) is 64.7 Å². The van der Waals surface area contributed by atoms with Gasteiger partial charge >= 0.3 is 127 Å². The average molecular weight is 495 g/mol. The third-order valence-electron chi connectivity index (χ3n) is 5.05. The molecule has 0 amide bonds. The van der Waals surface area contributed by atoms with E-state index in [9.17, 15) is 9.59 Å². The fourth-order valence-corrected chi connectivity index (χ4v) is 4.78. The third-order valence-corrected chi connectivity index (χ3v) is 6.87. The first-order valence-electron chi connectivity index (χ1n) is 11.8. The Balaban J connectivity index is 3.30. The molecule has 4 nitrogen and oxygen atoms in total. The summed E-state index contributed by atoms with van der Waals surface area (Å²) < 4.78 is 8.30. The van der Waals surface area contributed by atoms with Gasteiger partial charge in [-0.2, -0.15) is 0 Å². The van der Waals surface area contributed by atoms with Gasteiger partial charge in [0.1, 0.15) is 0 Å². The summed E-state index contributed by atoms with van der Waals surface area (Å²) in [5.74, 6) is 0.0661. The van der Waals surface area contributed by atoms with Crippen molar-refractivity contribution >= 4 is 38.5 Å². The molecule has 0 spiro atoms. The monoisotopic (exact) mass is 495 g/mol. The van der Waals surface area contributed by atoms with Gasteiger partial charge in [0.2, 0.25) is 0 Å². The normalized spacial score (nSPS) is 12.1. The molecule has 1 unspecified atom stereocenters. The number of esters is 1. The molecular weight excluding hydrogens is 449 g/mol. The number of hydrogen-bond donors (Lipinski definition) is 2. The zero-order chi connectivity index (χ0) is 21.6. The van der Waals surface area contributed by atoms with E-state index in [-0.39, 0.29) is 25.8 Å². The molecular formula is C23H45NO3SSe. The van der Waals surface area contributed by atoms with Crippen molar-refractivity contribution in [1.29, 1.82) is 0 Å². The van der Waals surface area contributed by atoms with Crippen molar-refractivity contribution < 1.29 is 14.3 Å². The van der Waals surface area contributed by atoms with Crippen LogP contribution in [0.4, 0.5) is 0 Å². The first-order valence-corrected chi connectivity index (χ1v) is 14.2. The molecule has 1 N–H and O–H groups in total. The molecule has 0 aromatic rings. The van der Waals surface area contributed by atoms with Gasteiger partial charge < -0.3 is 0 Å². The summed E-state index contributed by atoms with van der Waals surface area (Å²) in [6, 6.07) is -0.469. The maximum absolute atomic E-state index is 11.9. The Bertz CT molecular complexity index is 396. The van der Waals surface area contributed by atoms with Crippen LogP contribution in [0.2, 0.25) is 0 Å². The number of carbonyl (C=O) groups is 2. The number of thiol groups is 1. The zero-order valence-electron chi connectivity index (χ0n) is 18.9. The van der Waals surface area contributed by atoms with Gasteiger partial charge in [0.05, 0.1) is 0 Å². The Labute approximate surface area is 191 Å². The van der Waals surface area contributed by atoms with Gasteiger partial charge in [-0.15, -0.1) is 0 Å². The van der Waals surface area contributed by atoms with Crippen LogP contribution < -0.4 is 4.33 Å². The van der Waals surface area contributed by atoms with Gasteiger partial charge in [0.25, 0.3) is 0 Å². The molecule has 0 saturated carbocycles. The predicted octanol–water partition coefficient (Wildman–Crippen LogP) is 5.84. The van der Waals surface area contributed by atoms with Crippen LogP contribution in [0.15, 0.2) is 0 Å². The summed E-state index contributed by atoms with van der Waals surface area (Å²) in [5, 5.41) is 0. The fraction of sp³-hybridized carbons (Fsp3) is 0.913. The van der Waals surface area contributed by atoms with Gasteiger partial charge in [0, 0.05) is 0 Å². The van der Waals surface area contributed by atoms with Crippen molar-refractivity contribution in [1.82, 2.24) is 4.33 Å². The third kappa shape index (κ3) is 21.0. The molecule has 1 atom stereocenters. The van der Waals surface area contributed by atoms with Crippen molar-refractivity contribution in [2.75, 3.05) is 12.4 Å². The van der Waals surface area contributed by atoms with E-state index in [2.05, 4.69) is 23.9 Å². The number of rotatable bonds is 22. The number of unbranched alkanes of at least 4 members (excludes halogenated alkanes) is 15. The number of ether oxygens (including phenoxy) is 1. The van der Waals surface area contributed by atoms with E-state index in [1.807, 2.05) is 0 Å². The zero-order valence-corrected chi connectivity index (χ0v) is 21.5. The van der Waals surface area contributed by atoms with Gasteiger partial charge in [0.15, 0.2) is 0 Å². The van der Waals surface area contributed by atoms with Crippen LogP contribution in [0.5, 0.6) is 0 Å². The molecule has 29 heavy (non-hydrogen) atoms. The van der Waals surface area contributed by atoms with Gasteiger partial charge in [-0.3, -0.25) is 0 Å². The van der Waals surface area contributed by atoms with Gasteiger partial charge in [-0.05, 0) is 0 Å². The molecule has 0 radical (unpaired) electrons. The Morgan fingerprint density at radius 2 is 1.21 bits per heavy atom. The molecule has 172 valence electrons. The van der Waals surface area contributed by atoms with E-state index in [0.29, 0.717) is 12.4 Å². The molecule has 0 aliphatic rings. The van der Waals surface area contributed by atoms with Crippen LogP contribution in [0.3, 0.4) is 0 Å². The molecule has 6 heteroatoms. The van der Waals surface area contributed by atoms with E-state index in [1.165, 1.54) is 96.8 Å². The Hall–Kier alpha value is -0.0305. The quantitative estimate of drug-likeness (QED) is 0.0859. The summed E-state index contributed by atoms with van der Waals surface area (Å²) in [7, 11) is 0. The molecule has 0 aliphatic carbocycles. The van der Waals surface area contributed by atoms with Crippen molar-refractivity contribution in [2.45, 2.75) is 123 Å². The topological polar surface area (TPSA) is 55.4 Å². The van der Waals surface area contributed by atoms with Crippen LogP contribution in [0.25, 0.3) is 0 Å². The van der Waals surface area contributed by atoms with Gasteiger partial charge in [-0.25, -0.2) is 0 Å². The summed E-state index contributed by atoms with van der Waals surface area (Å²) in [6.45, 7) is 4.26. The first kappa shape index (κ1) is 29.0. The maximum atomic E-state index is 11.9. The molecule has 0 fully saturated rings. The van der Waals surface area contributed by atoms with E-state index in [4.69, 9.17) is 4.74 Å². The number of hydrogen-bond acceptors (Lipinski definition) is 5. The first-order chi connectivity index (χ1) is 14.1. The standard InChI is InChI=1S/C23H45NO3SSe/c1-3-4-5-6-7-8-9-10-11-12-13-14-15-16-17-18-19-27-23(26)22(20-28)24-29-21(2)25/h22,24,28H,3-20H2,1-2H3. The summed E-state index contributed by atoms with van der Waals surface area (Å²) in [6.07, 6.45) is 21.3. The van der Waals surface area contributed by atoms with Crippen molar-refractivity contribution in [2.24, 2.45) is 0 Å². The second-order valence-corrected chi connectivity index (χ2v) is 10.4. The second kappa shape index (κ2) is 22.7. The van der Waals surface area contributed by atoms with Crippen LogP contribution in [0.1, 0.15) is 117 Å². The Morgan fingerprint density at radius 1 is 0.793 bits per heavy atom. The minimum atomic E-state index is -0.469. The Morgan fingerprint density at radius 3 is 1.59 bits per heavy atom. The molecule has 0 rings (SSSR count). The molecule has 0 aromatic carbocycles. The molecule has 0 bridgehead atoms. The van der Waals surface area contributed by atoms with Crippen LogP contribution in [0, 0.1) is 0 Å². The van der Waals surface area contributed by atoms with Crippen LogP contribution in [-0.2, 0) is 14.3 Å². The summed E-state index contributed by atoms with van der Waals surface area (Å²) in [4.78, 5) is 22.9. The van der Waals surface area contributed by atoms with E-state index in [1.54, 1.807) is 0 Å². The fourth-order valence-electron chi connectivity index (χ4n) is 3.24. The second-order valence-electron chi connectivity index (χ2n) is 7.92. The minimum absolute atomic E-state index is 0.0647. The van der Waals surface area contributed by atoms with Crippen molar-refractivity contribution in [3.63, 3.8) is 0 Å².